The van der Waals surface area contributed by atoms with E-state index < -0.39 is 20.5 Å². The smallest absolute Gasteiger partial charge is 0.190 e. The van der Waals surface area contributed by atoms with E-state index in [1.54, 1.807) is 39.0 Å². The van der Waals surface area contributed by atoms with Crippen LogP contribution in [-0.4, -0.2) is 33.2 Å². The van der Waals surface area contributed by atoms with Crippen molar-refractivity contribution in [2.45, 2.75) is 30.9 Å². The largest absolute Gasteiger partial charge is 0.383 e. The Hall–Kier alpha value is -1.20. The predicted molar refractivity (Wildman–Crippen MR) is 73.8 cm³/mol. The molecule has 0 bridgehead atoms. The molecule has 0 saturated heterocycles. The standard InChI is InChI=1S/C14H20O4S/c1-14(2,3)13(15)12(10-18-4)19(16,17)11-8-6-5-7-9-11/h5-9,12H,10H2,1-4H3. The number of sulfone groups is 1. The third kappa shape index (κ3) is 3.64. The summed E-state index contributed by atoms with van der Waals surface area (Å²) in [5.41, 5.74) is -0.731. The third-order valence-electron chi connectivity index (χ3n) is 2.80. The van der Waals surface area contributed by atoms with E-state index in [1.807, 2.05) is 0 Å². The van der Waals surface area contributed by atoms with Crippen LogP contribution in [0.2, 0.25) is 0 Å². The lowest BCUT2D eigenvalue weighted by Gasteiger charge is -2.24. The minimum absolute atomic E-state index is 0.132. The molecular weight excluding hydrogens is 264 g/mol. The lowest BCUT2D eigenvalue weighted by molar-refractivity contribution is -0.126. The molecule has 1 aromatic rings. The number of ketones is 1. The molecule has 0 aliphatic rings. The first-order valence-corrected chi connectivity index (χ1v) is 7.58. The van der Waals surface area contributed by atoms with Gasteiger partial charge in [0, 0.05) is 12.5 Å². The Kier molecular flexibility index (Phi) is 4.87. The van der Waals surface area contributed by atoms with Crippen molar-refractivity contribution in [1.82, 2.24) is 0 Å². The Bertz CT molecular complexity index is 526. The van der Waals surface area contributed by atoms with Crippen LogP contribution in [0.15, 0.2) is 35.2 Å². The average molecular weight is 284 g/mol. The molecule has 0 amide bonds. The number of carbonyl (C=O) groups excluding carboxylic acids is 1. The first-order chi connectivity index (χ1) is 8.71. The molecule has 0 spiro atoms. The summed E-state index contributed by atoms with van der Waals surface area (Å²) < 4.78 is 29.9. The summed E-state index contributed by atoms with van der Waals surface area (Å²) in [6, 6.07) is 7.99. The van der Waals surface area contributed by atoms with E-state index in [2.05, 4.69) is 0 Å². The zero-order valence-electron chi connectivity index (χ0n) is 11.7. The van der Waals surface area contributed by atoms with Gasteiger partial charge in [-0.25, -0.2) is 8.42 Å². The second-order valence-corrected chi connectivity index (χ2v) is 7.55. The Morgan fingerprint density at radius 1 is 1.21 bits per heavy atom. The van der Waals surface area contributed by atoms with Crippen LogP contribution >= 0.6 is 0 Å². The van der Waals surface area contributed by atoms with Gasteiger partial charge in [-0.2, -0.15) is 0 Å². The van der Waals surface area contributed by atoms with Crippen LogP contribution in [0.1, 0.15) is 20.8 Å². The van der Waals surface area contributed by atoms with Gasteiger partial charge in [-0.1, -0.05) is 39.0 Å². The number of Topliss-reactive ketones (excluding diaryl/α,β-unsaturated/α-hetero) is 1. The molecule has 0 heterocycles. The fourth-order valence-corrected chi connectivity index (χ4v) is 3.53. The summed E-state index contributed by atoms with van der Waals surface area (Å²) in [7, 11) is -2.33. The maximum absolute atomic E-state index is 12.5. The second-order valence-electron chi connectivity index (χ2n) is 5.42. The van der Waals surface area contributed by atoms with Crippen LogP contribution in [0.5, 0.6) is 0 Å². The second kappa shape index (κ2) is 5.84. The monoisotopic (exact) mass is 284 g/mol. The van der Waals surface area contributed by atoms with E-state index in [0.717, 1.165) is 0 Å². The molecule has 106 valence electrons. The van der Waals surface area contributed by atoms with Crippen LogP contribution in [0, 0.1) is 5.41 Å². The van der Waals surface area contributed by atoms with Crippen LogP contribution < -0.4 is 0 Å². The van der Waals surface area contributed by atoms with E-state index in [1.165, 1.54) is 19.2 Å². The fraction of sp³-hybridized carbons (Fsp3) is 0.500. The van der Waals surface area contributed by atoms with Crippen molar-refractivity contribution in [2.24, 2.45) is 5.41 Å². The van der Waals surface area contributed by atoms with Gasteiger partial charge in [-0.3, -0.25) is 4.79 Å². The number of ether oxygens (including phenoxy) is 1. The number of benzene rings is 1. The zero-order chi connectivity index (χ0) is 14.7. The van der Waals surface area contributed by atoms with Crippen molar-refractivity contribution in [3.63, 3.8) is 0 Å². The van der Waals surface area contributed by atoms with Crippen molar-refractivity contribution in [2.75, 3.05) is 13.7 Å². The van der Waals surface area contributed by atoms with E-state index in [0.29, 0.717) is 0 Å². The van der Waals surface area contributed by atoms with Gasteiger partial charge in [-0.15, -0.1) is 0 Å². The summed E-state index contributed by atoms with van der Waals surface area (Å²) >= 11 is 0. The van der Waals surface area contributed by atoms with Crippen LogP contribution in [0.25, 0.3) is 0 Å². The Morgan fingerprint density at radius 3 is 2.16 bits per heavy atom. The molecule has 0 radical (unpaired) electrons. The highest BCUT2D eigenvalue weighted by atomic mass is 32.2. The highest BCUT2D eigenvalue weighted by Gasteiger charge is 2.39. The molecular formula is C14H20O4S. The van der Waals surface area contributed by atoms with Crippen molar-refractivity contribution in [3.8, 4) is 0 Å². The summed E-state index contributed by atoms with van der Waals surface area (Å²) in [6.45, 7) is 4.99. The molecule has 4 nitrogen and oxygen atoms in total. The summed E-state index contributed by atoms with van der Waals surface area (Å²) in [5.74, 6) is -0.335. The minimum Gasteiger partial charge on any atom is -0.383 e. The molecule has 0 aliphatic carbocycles. The Labute approximate surface area is 114 Å². The quantitative estimate of drug-likeness (QED) is 0.830. The van der Waals surface area contributed by atoms with Gasteiger partial charge in [0.1, 0.15) is 5.25 Å². The number of methoxy groups -OCH3 is 1. The normalized spacial score (nSPS) is 14.1. The number of hydrogen-bond acceptors (Lipinski definition) is 4. The number of rotatable bonds is 5. The summed E-state index contributed by atoms with van der Waals surface area (Å²) in [6.07, 6.45) is 0. The van der Waals surface area contributed by atoms with Gasteiger partial charge >= 0.3 is 0 Å². The van der Waals surface area contributed by atoms with Crippen LogP contribution in [0.3, 0.4) is 0 Å². The van der Waals surface area contributed by atoms with Crippen LogP contribution in [-0.2, 0) is 19.4 Å². The molecule has 1 rings (SSSR count). The van der Waals surface area contributed by atoms with Crippen molar-refractivity contribution in [1.29, 1.82) is 0 Å². The first-order valence-electron chi connectivity index (χ1n) is 6.03. The molecule has 1 aromatic carbocycles. The molecule has 0 fully saturated rings. The lowest BCUT2D eigenvalue weighted by atomic mass is 9.89. The molecule has 1 atom stereocenters. The van der Waals surface area contributed by atoms with Crippen molar-refractivity contribution < 1.29 is 17.9 Å². The van der Waals surface area contributed by atoms with Gasteiger partial charge in [0.15, 0.2) is 15.6 Å². The van der Waals surface area contributed by atoms with E-state index >= 15 is 0 Å². The summed E-state index contributed by atoms with van der Waals surface area (Å²) in [4.78, 5) is 12.5. The van der Waals surface area contributed by atoms with Gasteiger partial charge < -0.3 is 4.74 Å². The van der Waals surface area contributed by atoms with Gasteiger partial charge in [-0.05, 0) is 12.1 Å². The Morgan fingerprint density at radius 2 is 1.74 bits per heavy atom. The fourth-order valence-electron chi connectivity index (χ4n) is 1.71. The van der Waals surface area contributed by atoms with Gasteiger partial charge in [0.25, 0.3) is 0 Å². The average Bonchev–Trinajstić information content (AvgIpc) is 2.35. The SMILES string of the molecule is COCC(C(=O)C(C)(C)C)S(=O)(=O)c1ccccc1. The predicted octanol–water partition coefficient (Wildman–Crippen LogP) is 2.09. The highest BCUT2D eigenvalue weighted by molar-refractivity contribution is 7.92. The van der Waals surface area contributed by atoms with E-state index in [9.17, 15) is 13.2 Å². The molecule has 19 heavy (non-hydrogen) atoms. The summed E-state index contributed by atoms with van der Waals surface area (Å²) in [5, 5.41) is -1.17. The van der Waals surface area contributed by atoms with E-state index in [-0.39, 0.29) is 17.3 Å². The molecule has 1 unspecified atom stereocenters. The maximum atomic E-state index is 12.5. The molecule has 5 heteroatoms. The lowest BCUT2D eigenvalue weighted by Crippen LogP contribution is -2.41. The zero-order valence-corrected chi connectivity index (χ0v) is 12.5. The highest BCUT2D eigenvalue weighted by Crippen LogP contribution is 2.25. The topological polar surface area (TPSA) is 60.4 Å². The Balaban J connectivity index is 3.24. The number of hydrogen-bond donors (Lipinski definition) is 0. The molecule has 0 N–H and O–H groups in total. The molecule has 0 aromatic heterocycles. The van der Waals surface area contributed by atoms with Gasteiger partial charge in [0.05, 0.1) is 11.5 Å². The molecule has 0 saturated carbocycles. The van der Waals surface area contributed by atoms with Crippen LogP contribution in [0.4, 0.5) is 0 Å². The first kappa shape index (κ1) is 15.9. The van der Waals surface area contributed by atoms with Crippen molar-refractivity contribution in [3.05, 3.63) is 30.3 Å². The maximum Gasteiger partial charge on any atom is 0.190 e. The third-order valence-corrected chi connectivity index (χ3v) is 4.82. The minimum atomic E-state index is -3.72. The molecule has 0 aliphatic heterocycles. The van der Waals surface area contributed by atoms with Crippen molar-refractivity contribution >= 4 is 15.6 Å². The number of carbonyl (C=O) groups is 1. The van der Waals surface area contributed by atoms with Gasteiger partial charge in [0.2, 0.25) is 0 Å². The van der Waals surface area contributed by atoms with E-state index in [4.69, 9.17) is 4.74 Å².